The maximum absolute atomic E-state index is 12.5. The normalized spacial score (nSPS) is 15.1. The minimum atomic E-state index is -0.776. The molecule has 1 heterocycles. The minimum absolute atomic E-state index is 0.158. The van der Waals surface area contributed by atoms with Gasteiger partial charge in [0.05, 0.1) is 0 Å². The fourth-order valence-corrected chi connectivity index (χ4v) is 4.32. The molecule has 2 aromatic rings. The van der Waals surface area contributed by atoms with Crippen LogP contribution in [0.1, 0.15) is 69.1 Å². The number of carbonyl (C=O) groups excluding carboxylic acids is 2. The van der Waals surface area contributed by atoms with E-state index >= 15 is 0 Å². The molecule has 0 unspecified atom stereocenters. The Morgan fingerprint density at radius 2 is 1.84 bits per heavy atom. The molecule has 0 spiro atoms. The molecule has 0 aliphatic heterocycles. The summed E-state index contributed by atoms with van der Waals surface area (Å²) in [7, 11) is 0. The van der Waals surface area contributed by atoms with Gasteiger partial charge in [-0.3, -0.25) is 4.79 Å². The van der Waals surface area contributed by atoms with Gasteiger partial charge in [-0.2, -0.15) is 0 Å². The van der Waals surface area contributed by atoms with Crippen molar-refractivity contribution in [2.45, 2.75) is 58.5 Å². The maximum Gasteiger partial charge on any atom is 0.349 e. The van der Waals surface area contributed by atoms with Crippen molar-refractivity contribution in [3.63, 3.8) is 0 Å². The molecule has 1 aliphatic rings. The lowest BCUT2D eigenvalue weighted by molar-refractivity contribution is 0.0323. The van der Waals surface area contributed by atoms with E-state index in [0.29, 0.717) is 10.4 Å². The Hall–Kier alpha value is -1.94. The van der Waals surface area contributed by atoms with Gasteiger partial charge in [-0.05, 0) is 56.2 Å². The van der Waals surface area contributed by atoms with E-state index in [0.717, 1.165) is 19.3 Å². The zero-order chi connectivity index (χ0) is 17.8. The van der Waals surface area contributed by atoms with Crippen LogP contribution in [0.3, 0.4) is 0 Å². The summed E-state index contributed by atoms with van der Waals surface area (Å²) >= 11 is 1.53. The van der Waals surface area contributed by atoms with Gasteiger partial charge < -0.3 is 4.74 Å². The second-order valence-corrected chi connectivity index (χ2v) is 7.72. The highest BCUT2D eigenvalue weighted by Gasteiger charge is 2.23. The van der Waals surface area contributed by atoms with Gasteiger partial charge in [-0.1, -0.05) is 37.6 Å². The number of aryl methyl sites for hydroxylation is 3. The van der Waals surface area contributed by atoms with Crippen molar-refractivity contribution in [1.29, 1.82) is 0 Å². The maximum atomic E-state index is 12.5. The molecular weight excluding hydrogens is 332 g/mol. The van der Waals surface area contributed by atoms with Crippen molar-refractivity contribution in [2.75, 3.05) is 0 Å². The van der Waals surface area contributed by atoms with Gasteiger partial charge in [0.15, 0.2) is 6.10 Å². The summed E-state index contributed by atoms with van der Waals surface area (Å²) < 4.78 is 5.44. The van der Waals surface area contributed by atoms with E-state index < -0.39 is 6.10 Å². The van der Waals surface area contributed by atoms with E-state index in [1.165, 1.54) is 46.6 Å². The Kier molecular flexibility index (Phi) is 5.69. The van der Waals surface area contributed by atoms with Crippen molar-refractivity contribution in [3.05, 3.63) is 56.8 Å². The molecule has 3 nitrogen and oxygen atoms in total. The molecule has 0 amide bonds. The molecule has 0 saturated carbocycles. The minimum Gasteiger partial charge on any atom is -0.450 e. The van der Waals surface area contributed by atoms with Gasteiger partial charge >= 0.3 is 5.97 Å². The average Bonchev–Trinajstić information content (AvgIpc) is 2.92. The second kappa shape index (κ2) is 7.96. The predicted octanol–water partition coefficient (Wildman–Crippen LogP) is 5.01. The Balaban J connectivity index is 1.66. The number of benzene rings is 1. The quantitative estimate of drug-likeness (QED) is 0.430. The van der Waals surface area contributed by atoms with Crippen LogP contribution in [0.2, 0.25) is 0 Å². The Labute approximate surface area is 153 Å². The number of hydrogen-bond acceptors (Lipinski definition) is 4. The van der Waals surface area contributed by atoms with E-state index in [1.54, 1.807) is 19.1 Å². The van der Waals surface area contributed by atoms with Crippen molar-refractivity contribution < 1.29 is 14.3 Å². The number of carbonyl (C=O) groups is 2. The van der Waals surface area contributed by atoms with E-state index in [9.17, 15) is 9.59 Å². The highest BCUT2D eigenvalue weighted by atomic mass is 32.1. The standard InChI is InChI=1S/C21H24O3S/c1-3-15-9-11-16(12-10-15)20(22)14(2)24-21(23)19-13-17-7-5-4-6-8-18(17)25-19/h9-14H,3-8H2,1-2H3/t14-/m0/s1. The third kappa shape index (κ3) is 4.18. The van der Waals surface area contributed by atoms with E-state index in [4.69, 9.17) is 4.74 Å². The van der Waals surface area contributed by atoms with Crippen molar-refractivity contribution in [3.8, 4) is 0 Å². The number of fused-ring (bicyclic) bond motifs is 1. The van der Waals surface area contributed by atoms with Gasteiger partial charge in [-0.25, -0.2) is 4.79 Å². The molecule has 0 radical (unpaired) electrons. The molecule has 4 heteroatoms. The zero-order valence-electron chi connectivity index (χ0n) is 14.8. The molecule has 0 saturated heterocycles. The molecular formula is C21H24O3S. The van der Waals surface area contributed by atoms with Crippen LogP contribution in [-0.4, -0.2) is 17.9 Å². The molecule has 1 aromatic carbocycles. The molecule has 0 fully saturated rings. The molecule has 1 aliphatic carbocycles. The summed E-state index contributed by atoms with van der Waals surface area (Å²) in [5, 5.41) is 0. The first kappa shape index (κ1) is 17.9. The lowest BCUT2D eigenvalue weighted by Gasteiger charge is -2.12. The third-order valence-electron chi connectivity index (χ3n) is 4.75. The summed E-state index contributed by atoms with van der Waals surface area (Å²) in [6.07, 6.45) is 5.86. The number of Topliss-reactive ketones (excluding diaryl/α,β-unsaturated/α-hetero) is 1. The lowest BCUT2D eigenvalue weighted by atomic mass is 10.0. The molecule has 0 bridgehead atoms. The highest BCUT2D eigenvalue weighted by molar-refractivity contribution is 7.14. The summed E-state index contributed by atoms with van der Waals surface area (Å²) in [6, 6.07) is 9.45. The zero-order valence-corrected chi connectivity index (χ0v) is 15.7. The van der Waals surface area contributed by atoms with Gasteiger partial charge in [-0.15, -0.1) is 11.3 Å². The van der Waals surface area contributed by atoms with Crippen LogP contribution >= 0.6 is 11.3 Å². The predicted molar refractivity (Wildman–Crippen MR) is 101 cm³/mol. The summed E-state index contributed by atoms with van der Waals surface area (Å²) in [4.78, 5) is 26.8. The van der Waals surface area contributed by atoms with Crippen LogP contribution in [0.15, 0.2) is 30.3 Å². The fraction of sp³-hybridized carbons (Fsp3) is 0.429. The first-order chi connectivity index (χ1) is 12.1. The summed E-state index contributed by atoms with van der Waals surface area (Å²) in [6.45, 7) is 3.72. The first-order valence-corrected chi connectivity index (χ1v) is 9.86. The number of ether oxygens (including phenoxy) is 1. The Bertz CT molecular complexity index is 734. The fourth-order valence-electron chi connectivity index (χ4n) is 3.18. The van der Waals surface area contributed by atoms with Gasteiger partial charge in [0.25, 0.3) is 0 Å². The van der Waals surface area contributed by atoms with Crippen LogP contribution < -0.4 is 0 Å². The molecule has 3 rings (SSSR count). The van der Waals surface area contributed by atoms with E-state index in [1.807, 2.05) is 18.2 Å². The number of hydrogen-bond donors (Lipinski definition) is 0. The number of thiophene rings is 1. The smallest absolute Gasteiger partial charge is 0.349 e. The van der Waals surface area contributed by atoms with Crippen molar-refractivity contribution in [1.82, 2.24) is 0 Å². The lowest BCUT2D eigenvalue weighted by Crippen LogP contribution is -2.24. The number of rotatable bonds is 5. The van der Waals surface area contributed by atoms with E-state index in [-0.39, 0.29) is 11.8 Å². The summed E-state index contributed by atoms with van der Waals surface area (Å²) in [5.74, 6) is -0.543. The molecule has 1 aromatic heterocycles. The molecule has 1 atom stereocenters. The van der Waals surface area contributed by atoms with Crippen LogP contribution in [0.5, 0.6) is 0 Å². The highest BCUT2D eigenvalue weighted by Crippen LogP contribution is 2.29. The SMILES string of the molecule is CCc1ccc(C(=O)[C@H](C)OC(=O)c2cc3c(s2)CCCCC3)cc1. The molecule has 132 valence electrons. The van der Waals surface area contributed by atoms with Gasteiger partial charge in [0.1, 0.15) is 4.88 Å². The number of ketones is 1. The first-order valence-electron chi connectivity index (χ1n) is 9.04. The largest absolute Gasteiger partial charge is 0.450 e. The van der Waals surface area contributed by atoms with Gasteiger partial charge in [0, 0.05) is 10.4 Å². The second-order valence-electron chi connectivity index (χ2n) is 6.58. The molecule has 25 heavy (non-hydrogen) atoms. The van der Waals surface area contributed by atoms with E-state index in [2.05, 4.69) is 6.92 Å². The average molecular weight is 356 g/mol. The molecule has 0 N–H and O–H groups in total. The Morgan fingerprint density at radius 1 is 1.12 bits per heavy atom. The van der Waals surface area contributed by atoms with Gasteiger partial charge in [0.2, 0.25) is 5.78 Å². The van der Waals surface area contributed by atoms with Crippen LogP contribution in [0.25, 0.3) is 0 Å². The summed E-state index contributed by atoms with van der Waals surface area (Å²) in [5.41, 5.74) is 3.05. The Morgan fingerprint density at radius 3 is 2.56 bits per heavy atom. The van der Waals surface area contributed by atoms with Crippen LogP contribution in [0.4, 0.5) is 0 Å². The van der Waals surface area contributed by atoms with Crippen molar-refractivity contribution in [2.24, 2.45) is 0 Å². The van der Waals surface area contributed by atoms with Crippen LogP contribution in [-0.2, 0) is 24.0 Å². The topological polar surface area (TPSA) is 43.4 Å². The number of esters is 1. The van der Waals surface area contributed by atoms with Crippen molar-refractivity contribution >= 4 is 23.1 Å². The monoisotopic (exact) mass is 356 g/mol. The third-order valence-corrected chi connectivity index (χ3v) is 5.96. The van der Waals surface area contributed by atoms with Crippen LogP contribution in [0, 0.1) is 0 Å².